The van der Waals surface area contributed by atoms with Crippen LogP contribution < -0.4 is 5.32 Å². The number of piperidine rings is 1. The maximum atomic E-state index is 13.4. The van der Waals surface area contributed by atoms with E-state index in [1.165, 1.54) is 24.3 Å². The third-order valence-corrected chi connectivity index (χ3v) is 4.78. The van der Waals surface area contributed by atoms with Gasteiger partial charge in [-0.25, -0.2) is 4.79 Å². The molecule has 1 heterocycles. The minimum atomic E-state index is -4.75. The van der Waals surface area contributed by atoms with Crippen LogP contribution in [0, 0.1) is 5.92 Å². The first kappa shape index (κ1) is 21.7. The highest BCUT2D eigenvalue weighted by atomic mass is 35.5. The molecule has 0 radical (unpaired) electrons. The second-order valence-corrected chi connectivity index (χ2v) is 7.04. The summed E-state index contributed by atoms with van der Waals surface area (Å²) in [5.74, 6) is -5.44. The fraction of sp³-hybridized carbons (Fsp3) is 0.353. The third kappa shape index (κ3) is 5.21. The largest absolute Gasteiger partial charge is 0.462 e. The van der Waals surface area contributed by atoms with Gasteiger partial charge in [0.05, 0.1) is 11.6 Å². The molecule has 2 unspecified atom stereocenters. The van der Waals surface area contributed by atoms with Crippen molar-refractivity contribution in [3.05, 3.63) is 39.4 Å². The summed E-state index contributed by atoms with van der Waals surface area (Å²) in [5, 5.41) is 1.97. The number of amides is 1. The minimum absolute atomic E-state index is 0.0297. The Labute approximate surface area is 168 Å². The number of benzene rings is 1. The summed E-state index contributed by atoms with van der Waals surface area (Å²) >= 11 is 16.8. The van der Waals surface area contributed by atoms with Crippen LogP contribution in [0.15, 0.2) is 23.2 Å². The monoisotopic (exact) mass is 439 g/mol. The molecule has 1 fully saturated rings. The number of esters is 1. The lowest BCUT2D eigenvalue weighted by molar-refractivity contribution is -0.187. The van der Waals surface area contributed by atoms with Crippen molar-refractivity contribution in [2.75, 3.05) is 6.61 Å². The van der Waals surface area contributed by atoms with Crippen molar-refractivity contribution >= 4 is 58.4 Å². The van der Waals surface area contributed by atoms with Crippen LogP contribution in [0.4, 0.5) is 13.2 Å². The van der Waals surface area contributed by atoms with E-state index in [2.05, 4.69) is 5.32 Å². The van der Waals surface area contributed by atoms with Gasteiger partial charge in [-0.3, -0.25) is 4.79 Å². The maximum Gasteiger partial charge on any atom is 0.401 e. The Bertz CT molecular complexity index is 811. The van der Waals surface area contributed by atoms with Gasteiger partial charge in [-0.15, -0.1) is 0 Å². The molecule has 2 rings (SSSR count). The molecule has 0 aromatic heterocycles. The van der Waals surface area contributed by atoms with Crippen LogP contribution >= 0.6 is 35.4 Å². The summed E-state index contributed by atoms with van der Waals surface area (Å²) in [6.07, 6.45) is -3.69. The normalized spacial score (nSPS) is 21.0. The zero-order valence-electron chi connectivity index (χ0n) is 13.9. The fourth-order valence-corrected chi connectivity index (χ4v) is 3.38. The summed E-state index contributed by atoms with van der Waals surface area (Å²) in [6.45, 7) is 1.71. The van der Waals surface area contributed by atoms with E-state index in [1.54, 1.807) is 6.92 Å². The number of nitrogens with one attached hydrogen (secondary N) is 1. The Kier molecular flexibility index (Phi) is 6.88. The molecule has 10 heteroatoms. The van der Waals surface area contributed by atoms with E-state index in [9.17, 15) is 22.8 Å². The molecule has 0 saturated carbocycles. The maximum absolute atomic E-state index is 13.4. The molecule has 2 atom stereocenters. The first-order valence-corrected chi connectivity index (χ1v) is 8.95. The molecular weight excluding hydrogens is 426 g/mol. The number of hydrogen-bond acceptors (Lipinski definition) is 4. The van der Waals surface area contributed by atoms with Gasteiger partial charge in [-0.1, -0.05) is 41.5 Å². The lowest BCUT2D eigenvalue weighted by Gasteiger charge is -2.33. The van der Waals surface area contributed by atoms with Crippen molar-refractivity contribution in [1.82, 2.24) is 5.32 Å². The van der Waals surface area contributed by atoms with Gasteiger partial charge in [0.2, 0.25) is 5.91 Å². The number of alkyl halides is 3. The van der Waals surface area contributed by atoms with Gasteiger partial charge < -0.3 is 10.1 Å². The molecule has 27 heavy (non-hydrogen) atoms. The SMILES string of the molecule is CCOC(=O)C(Cl)=Cc1cc(C2CC(=S)NC(=O)C2C(F)(F)F)ccc1Cl. The number of carbonyl (C=O) groups excluding carboxylic acids is 2. The molecule has 0 aliphatic carbocycles. The number of ether oxygens (including phenoxy) is 1. The van der Waals surface area contributed by atoms with E-state index >= 15 is 0 Å². The van der Waals surface area contributed by atoms with Crippen LogP contribution in [0.1, 0.15) is 30.4 Å². The number of halogens is 5. The lowest BCUT2D eigenvalue weighted by Crippen LogP contribution is -2.50. The predicted molar refractivity (Wildman–Crippen MR) is 99.6 cm³/mol. The van der Waals surface area contributed by atoms with Crippen molar-refractivity contribution in [2.45, 2.75) is 25.4 Å². The van der Waals surface area contributed by atoms with Crippen molar-refractivity contribution in [3.8, 4) is 0 Å². The Morgan fingerprint density at radius 3 is 2.70 bits per heavy atom. The first-order valence-electron chi connectivity index (χ1n) is 7.78. The molecule has 1 N–H and O–H groups in total. The predicted octanol–water partition coefficient (Wildman–Crippen LogP) is 4.59. The lowest BCUT2D eigenvalue weighted by atomic mass is 9.79. The molecule has 1 amide bonds. The fourth-order valence-electron chi connectivity index (χ4n) is 2.75. The van der Waals surface area contributed by atoms with E-state index in [0.717, 1.165) is 0 Å². The number of thiocarbonyl (C=S) groups is 1. The average molecular weight is 440 g/mol. The van der Waals surface area contributed by atoms with Crippen LogP contribution in [0.25, 0.3) is 6.08 Å². The number of hydrogen-bond donors (Lipinski definition) is 1. The second kappa shape index (κ2) is 8.58. The molecule has 1 aromatic rings. The average Bonchev–Trinajstić information content (AvgIpc) is 2.54. The topological polar surface area (TPSA) is 55.4 Å². The first-order chi connectivity index (χ1) is 12.5. The summed E-state index contributed by atoms with van der Waals surface area (Å²) in [6, 6.07) is 4.12. The Morgan fingerprint density at radius 1 is 1.44 bits per heavy atom. The summed E-state index contributed by atoms with van der Waals surface area (Å²) in [5.41, 5.74) is 0.434. The van der Waals surface area contributed by atoms with Crippen molar-refractivity contribution in [3.63, 3.8) is 0 Å². The van der Waals surface area contributed by atoms with Gasteiger partial charge in [0.1, 0.15) is 11.0 Å². The van der Waals surface area contributed by atoms with E-state index < -0.39 is 29.9 Å². The van der Waals surface area contributed by atoms with Crippen LogP contribution in [0.3, 0.4) is 0 Å². The zero-order chi connectivity index (χ0) is 20.4. The van der Waals surface area contributed by atoms with E-state index in [0.29, 0.717) is 0 Å². The highest BCUT2D eigenvalue weighted by molar-refractivity contribution is 7.80. The quantitative estimate of drug-likeness (QED) is 0.423. The van der Waals surface area contributed by atoms with Crippen LogP contribution in [-0.4, -0.2) is 29.6 Å². The van der Waals surface area contributed by atoms with Crippen LogP contribution in [0.5, 0.6) is 0 Å². The number of rotatable bonds is 4. The van der Waals surface area contributed by atoms with E-state index in [-0.39, 0.29) is 39.2 Å². The van der Waals surface area contributed by atoms with Crippen molar-refractivity contribution < 1.29 is 27.5 Å². The van der Waals surface area contributed by atoms with E-state index in [4.69, 9.17) is 40.2 Å². The summed E-state index contributed by atoms with van der Waals surface area (Å²) in [7, 11) is 0. The molecule has 1 aliphatic rings. The molecule has 0 spiro atoms. The highest BCUT2D eigenvalue weighted by Crippen LogP contribution is 2.42. The molecule has 1 aliphatic heterocycles. The summed E-state index contributed by atoms with van der Waals surface area (Å²) in [4.78, 5) is 23.5. The number of carbonyl (C=O) groups is 2. The highest BCUT2D eigenvalue weighted by Gasteiger charge is 2.52. The standard InChI is InChI=1S/C17H14Cl2F3NO3S/c1-2-26-16(25)12(19)6-9-5-8(3-4-11(9)18)10-7-13(27)23-15(24)14(10)17(20,21)22/h3-6,10,14H,2,7H2,1H3,(H,23,24,27). The Hall–Kier alpha value is -1.64. The van der Waals surface area contributed by atoms with Gasteiger partial charge in [0.15, 0.2) is 0 Å². The zero-order valence-corrected chi connectivity index (χ0v) is 16.2. The van der Waals surface area contributed by atoms with Crippen LogP contribution in [0.2, 0.25) is 5.02 Å². The van der Waals surface area contributed by atoms with Gasteiger partial charge >= 0.3 is 12.1 Å². The van der Waals surface area contributed by atoms with Crippen molar-refractivity contribution in [1.29, 1.82) is 0 Å². The Balaban J connectivity index is 2.46. The molecule has 146 valence electrons. The van der Waals surface area contributed by atoms with Gasteiger partial charge in [0.25, 0.3) is 0 Å². The smallest absolute Gasteiger partial charge is 0.401 e. The molecule has 4 nitrogen and oxygen atoms in total. The van der Waals surface area contributed by atoms with Gasteiger partial charge in [-0.05, 0) is 36.3 Å². The Morgan fingerprint density at radius 2 is 2.11 bits per heavy atom. The molecule has 0 bridgehead atoms. The third-order valence-electron chi connectivity index (χ3n) is 3.91. The molecule has 1 aromatic carbocycles. The second-order valence-electron chi connectivity index (χ2n) is 5.74. The van der Waals surface area contributed by atoms with E-state index in [1.807, 2.05) is 0 Å². The molecule has 1 saturated heterocycles. The van der Waals surface area contributed by atoms with Crippen LogP contribution in [-0.2, 0) is 14.3 Å². The van der Waals surface area contributed by atoms with Gasteiger partial charge in [0, 0.05) is 17.4 Å². The molecular formula is C17H14Cl2F3NO3S. The van der Waals surface area contributed by atoms with Gasteiger partial charge in [-0.2, -0.15) is 13.2 Å². The van der Waals surface area contributed by atoms with Crippen molar-refractivity contribution in [2.24, 2.45) is 5.92 Å². The minimum Gasteiger partial charge on any atom is -0.462 e. The summed E-state index contributed by atoms with van der Waals surface area (Å²) < 4.78 is 45.0.